The van der Waals surface area contributed by atoms with Crippen LogP contribution in [0.2, 0.25) is 0 Å². The van der Waals surface area contributed by atoms with Gasteiger partial charge in [0.1, 0.15) is 5.52 Å². The standard InChI is InChI=1S/C14H24N4S/c1-6-7-11-12-13(17(5)16-11)18(14(19)15-12)8-10(4)9(2)3/h9-10H,6-8H2,1-5H3,(H,15,19). The topological polar surface area (TPSA) is 38.5 Å². The van der Waals surface area contributed by atoms with Crippen LogP contribution >= 0.6 is 12.2 Å². The van der Waals surface area contributed by atoms with Crippen LogP contribution in [-0.2, 0) is 20.0 Å². The first-order chi connectivity index (χ1) is 8.95. The van der Waals surface area contributed by atoms with E-state index in [1.165, 1.54) is 0 Å². The first-order valence-corrected chi connectivity index (χ1v) is 7.50. The van der Waals surface area contributed by atoms with E-state index in [1.54, 1.807) is 0 Å². The van der Waals surface area contributed by atoms with E-state index in [9.17, 15) is 0 Å². The summed E-state index contributed by atoms with van der Waals surface area (Å²) in [5.74, 6) is 1.24. The van der Waals surface area contributed by atoms with Gasteiger partial charge < -0.3 is 9.55 Å². The van der Waals surface area contributed by atoms with Crippen molar-refractivity contribution in [2.75, 3.05) is 0 Å². The predicted molar refractivity (Wildman–Crippen MR) is 81.9 cm³/mol. The zero-order valence-electron chi connectivity index (χ0n) is 12.5. The number of H-pyrrole nitrogens is 1. The van der Waals surface area contributed by atoms with Gasteiger partial charge in [0.25, 0.3) is 0 Å². The molecular formula is C14H24N4S. The minimum Gasteiger partial charge on any atom is -0.328 e. The summed E-state index contributed by atoms with van der Waals surface area (Å²) in [6.07, 6.45) is 2.09. The molecule has 0 saturated carbocycles. The molecule has 1 unspecified atom stereocenters. The molecular weight excluding hydrogens is 256 g/mol. The molecule has 2 heterocycles. The van der Waals surface area contributed by atoms with Crippen LogP contribution in [0.15, 0.2) is 0 Å². The van der Waals surface area contributed by atoms with E-state index in [2.05, 4.69) is 42.3 Å². The number of hydrogen-bond acceptors (Lipinski definition) is 2. The highest BCUT2D eigenvalue weighted by atomic mass is 32.1. The predicted octanol–water partition coefficient (Wildman–Crippen LogP) is 3.68. The zero-order chi connectivity index (χ0) is 14.2. The largest absolute Gasteiger partial charge is 0.328 e. The maximum atomic E-state index is 5.48. The van der Waals surface area contributed by atoms with Crippen LogP contribution in [0, 0.1) is 16.6 Å². The smallest absolute Gasteiger partial charge is 0.179 e. The molecule has 2 rings (SSSR count). The molecule has 19 heavy (non-hydrogen) atoms. The Balaban J connectivity index is 2.50. The summed E-state index contributed by atoms with van der Waals surface area (Å²) < 4.78 is 4.97. The molecule has 1 N–H and O–H groups in total. The molecule has 0 aliphatic heterocycles. The third-order valence-electron chi connectivity index (χ3n) is 3.92. The minimum atomic E-state index is 0.593. The molecule has 4 nitrogen and oxygen atoms in total. The summed E-state index contributed by atoms with van der Waals surface area (Å²) in [6.45, 7) is 9.90. The fourth-order valence-corrected chi connectivity index (χ4v) is 2.62. The normalized spacial score (nSPS) is 13.6. The van der Waals surface area contributed by atoms with Crippen LogP contribution < -0.4 is 0 Å². The van der Waals surface area contributed by atoms with Crippen molar-refractivity contribution >= 4 is 23.4 Å². The van der Waals surface area contributed by atoms with Crippen molar-refractivity contribution in [2.45, 2.75) is 47.1 Å². The molecule has 0 aliphatic carbocycles. The highest BCUT2D eigenvalue weighted by Crippen LogP contribution is 2.21. The van der Waals surface area contributed by atoms with E-state index in [1.807, 2.05) is 11.7 Å². The van der Waals surface area contributed by atoms with Crippen molar-refractivity contribution in [3.05, 3.63) is 10.5 Å². The Morgan fingerprint density at radius 1 is 1.32 bits per heavy atom. The number of fused-ring (bicyclic) bond motifs is 1. The highest BCUT2D eigenvalue weighted by molar-refractivity contribution is 7.71. The quantitative estimate of drug-likeness (QED) is 0.849. The Kier molecular flexibility index (Phi) is 4.13. The minimum absolute atomic E-state index is 0.593. The number of nitrogens with one attached hydrogen (secondary N) is 1. The van der Waals surface area contributed by atoms with E-state index in [0.717, 1.165) is 41.0 Å². The van der Waals surface area contributed by atoms with Gasteiger partial charge in [0.2, 0.25) is 0 Å². The van der Waals surface area contributed by atoms with E-state index < -0.39 is 0 Å². The molecule has 5 heteroatoms. The van der Waals surface area contributed by atoms with Crippen molar-refractivity contribution in [1.82, 2.24) is 19.3 Å². The average Bonchev–Trinajstić information content (AvgIpc) is 2.80. The van der Waals surface area contributed by atoms with Gasteiger partial charge in [-0.3, -0.25) is 4.68 Å². The molecule has 0 saturated heterocycles. The molecule has 0 bridgehead atoms. The van der Waals surface area contributed by atoms with Gasteiger partial charge >= 0.3 is 0 Å². The number of aromatic nitrogens is 4. The maximum absolute atomic E-state index is 5.48. The Bertz CT molecular complexity index is 617. The molecule has 1 atom stereocenters. The maximum Gasteiger partial charge on any atom is 0.179 e. The van der Waals surface area contributed by atoms with E-state index in [-0.39, 0.29) is 0 Å². The fraction of sp³-hybridized carbons (Fsp3) is 0.714. The first-order valence-electron chi connectivity index (χ1n) is 7.10. The van der Waals surface area contributed by atoms with Crippen molar-refractivity contribution in [3.63, 3.8) is 0 Å². The van der Waals surface area contributed by atoms with Crippen LogP contribution in [0.1, 0.15) is 39.8 Å². The second kappa shape index (κ2) is 5.49. The van der Waals surface area contributed by atoms with Crippen molar-refractivity contribution in [2.24, 2.45) is 18.9 Å². The van der Waals surface area contributed by atoms with Crippen LogP contribution in [0.4, 0.5) is 0 Å². The first kappa shape index (κ1) is 14.3. The van der Waals surface area contributed by atoms with Gasteiger partial charge in [-0.2, -0.15) is 5.10 Å². The van der Waals surface area contributed by atoms with E-state index >= 15 is 0 Å². The highest BCUT2D eigenvalue weighted by Gasteiger charge is 2.17. The van der Waals surface area contributed by atoms with Crippen LogP contribution in [0.3, 0.4) is 0 Å². The third kappa shape index (κ3) is 2.61. The molecule has 2 aromatic rings. The monoisotopic (exact) mass is 280 g/mol. The molecule has 0 radical (unpaired) electrons. The lowest BCUT2D eigenvalue weighted by Gasteiger charge is -2.16. The summed E-state index contributed by atoms with van der Waals surface area (Å²) in [7, 11) is 2.00. The molecule has 0 amide bonds. The molecule has 0 aliphatic rings. The summed E-state index contributed by atoms with van der Waals surface area (Å²) >= 11 is 5.48. The van der Waals surface area contributed by atoms with Crippen LogP contribution in [-0.4, -0.2) is 19.3 Å². The van der Waals surface area contributed by atoms with Crippen LogP contribution in [0.25, 0.3) is 11.2 Å². The Labute approximate surface area is 119 Å². The van der Waals surface area contributed by atoms with Crippen molar-refractivity contribution < 1.29 is 0 Å². The van der Waals surface area contributed by atoms with E-state index in [0.29, 0.717) is 11.8 Å². The Morgan fingerprint density at radius 2 is 2.00 bits per heavy atom. The van der Waals surface area contributed by atoms with Crippen LogP contribution in [0.5, 0.6) is 0 Å². The Morgan fingerprint density at radius 3 is 2.58 bits per heavy atom. The lowest BCUT2D eigenvalue weighted by atomic mass is 9.98. The lowest BCUT2D eigenvalue weighted by Crippen LogP contribution is -2.14. The van der Waals surface area contributed by atoms with Crippen molar-refractivity contribution in [1.29, 1.82) is 0 Å². The number of imidazole rings is 1. The fourth-order valence-electron chi connectivity index (χ4n) is 2.36. The van der Waals surface area contributed by atoms with Gasteiger partial charge in [-0.25, -0.2) is 0 Å². The van der Waals surface area contributed by atoms with Gasteiger partial charge in [-0.1, -0.05) is 34.1 Å². The number of hydrogen-bond donors (Lipinski definition) is 1. The average molecular weight is 280 g/mol. The van der Waals surface area contributed by atoms with Crippen molar-refractivity contribution in [3.8, 4) is 0 Å². The number of aromatic amines is 1. The molecule has 0 spiro atoms. The zero-order valence-corrected chi connectivity index (χ0v) is 13.3. The van der Waals surface area contributed by atoms with Gasteiger partial charge in [0.05, 0.1) is 5.69 Å². The van der Waals surface area contributed by atoms with Gasteiger partial charge in [-0.15, -0.1) is 0 Å². The summed E-state index contributed by atoms with van der Waals surface area (Å²) in [4.78, 5) is 3.34. The number of aryl methyl sites for hydroxylation is 2. The Hall–Kier alpha value is -1.10. The molecule has 2 aromatic heterocycles. The third-order valence-corrected chi connectivity index (χ3v) is 4.24. The van der Waals surface area contributed by atoms with Gasteiger partial charge in [-0.05, 0) is 30.5 Å². The van der Waals surface area contributed by atoms with Gasteiger partial charge in [0.15, 0.2) is 10.4 Å². The summed E-state index contributed by atoms with van der Waals surface area (Å²) in [5, 5.41) is 4.61. The number of rotatable bonds is 5. The molecule has 0 aromatic carbocycles. The second-order valence-electron chi connectivity index (χ2n) is 5.78. The summed E-state index contributed by atoms with van der Waals surface area (Å²) in [6, 6.07) is 0. The summed E-state index contributed by atoms with van der Waals surface area (Å²) in [5.41, 5.74) is 3.37. The number of nitrogens with zero attached hydrogens (tertiary/aromatic N) is 3. The lowest BCUT2D eigenvalue weighted by molar-refractivity contribution is 0.365. The second-order valence-corrected chi connectivity index (χ2v) is 6.17. The molecule has 106 valence electrons. The van der Waals surface area contributed by atoms with Gasteiger partial charge in [0, 0.05) is 13.6 Å². The SMILES string of the molecule is CCCc1nn(C)c2c1[nH]c(=S)n2CC(C)C(C)C. The molecule has 0 fully saturated rings. The van der Waals surface area contributed by atoms with E-state index in [4.69, 9.17) is 12.2 Å².